The minimum absolute atomic E-state index is 0.391. The Bertz CT molecular complexity index is 108. The molecular formula is C7H16N2O. The van der Waals surface area contributed by atoms with Gasteiger partial charge in [0.2, 0.25) is 0 Å². The third kappa shape index (κ3) is 1.68. The van der Waals surface area contributed by atoms with E-state index in [1.54, 1.807) is 7.11 Å². The average molecular weight is 144 g/mol. The molecule has 0 spiro atoms. The van der Waals surface area contributed by atoms with Crippen molar-refractivity contribution in [3.8, 4) is 0 Å². The molecule has 1 saturated carbocycles. The lowest BCUT2D eigenvalue weighted by atomic mass is 10.2. The van der Waals surface area contributed by atoms with Crippen molar-refractivity contribution >= 4 is 0 Å². The molecule has 0 aliphatic heterocycles. The molecule has 0 radical (unpaired) electrons. The summed E-state index contributed by atoms with van der Waals surface area (Å²) in [7, 11) is 3.66. The Kier molecular flexibility index (Phi) is 2.65. The molecule has 1 fully saturated rings. The molecule has 1 aliphatic carbocycles. The predicted molar refractivity (Wildman–Crippen MR) is 40.4 cm³/mol. The Morgan fingerprint density at radius 3 is 2.60 bits per heavy atom. The van der Waals surface area contributed by atoms with Crippen LogP contribution in [-0.4, -0.2) is 31.3 Å². The highest BCUT2D eigenvalue weighted by Crippen LogP contribution is 2.21. The predicted octanol–water partition coefficient (Wildman–Crippen LogP) is 0.359. The van der Waals surface area contributed by atoms with E-state index in [1.165, 1.54) is 6.42 Å². The maximum atomic E-state index is 5.74. The summed E-state index contributed by atoms with van der Waals surface area (Å²) in [6.07, 6.45) is 3.38. The van der Waals surface area contributed by atoms with Gasteiger partial charge in [0, 0.05) is 19.1 Å². The summed E-state index contributed by atoms with van der Waals surface area (Å²) in [6, 6.07) is 0.933. The lowest BCUT2D eigenvalue weighted by molar-refractivity contribution is -0.138. The molecule has 0 aromatic rings. The number of hydrogen-bond donors (Lipinski definition) is 1. The molecule has 3 heteroatoms. The van der Waals surface area contributed by atoms with Crippen molar-refractivity contribution in [3.63, 3.8) is 0 Å². The molecule has 2 unspecified atom stereocenters. The molecule has 2 N–H and O–H groups in total. The largest absolute Gasteiger partial charge is 0.328 e. The standard InChI is InChI=1S/C7H16N2O/c1-9(10-2)7-4-3-6(8)5-7/h6-7H,3-5,8H2,1-2H3. The van der Waals surface area contributed by atoms with Gasteiger partial charge in [-0.2, -0.15) is 5.06 Å². The second-order valence-electron chi connectivity index (χ2n) is 2.96. The summed E-state index contributed by atoms with van der Waals surface area (Å²) in [5.41, 5.74) is 5.74. The van der Waals surface area contributed by atoms with Gasteiger partial charge in [0.1, 0.15) is 0 Å². The molecule has 0 bridgehead atoms. The molecular weight excluding hydrogens is 128 g/mol. The van der Waals surface area contributed by atoms with Gasteiger partial charge in [-0.15, -0.1) is 0 Å². The first-order valence-electron chi connectivity index (χ1n) is 3.76. The van der Waals surface area contributed by atoms with Gasteiger partial charge in [-0.25, -0.2) is 0 Å². The first-order chi connectivity index (χ1) is 4.74. The molecule has 1 aliphatic rings. The van der Waals surface area contributed by atoms with Crippen molar-refractivity contribution in [2.45, 2.75) is 31.3 Å². The Morgan fingerprint density at radius 1 is 1.50 bits per heavy atom. The number of nitrogens with two attached hydrogens (primary N) is 1. The van der Waals surface area contributed by atoms with E-state index in [2.05, 4.69) is 0 Å². The van der Waals surface area contributed by atoms with Crippen LogP contribution in [0.4, 0.5) is 0 Å². The molecule has 0 aromatic heterocycles. The lowest BCUT2D eigenvalue weighted by Crippen LogP contribution is -2.29. The molecule has 0 amide bonds. The van der Waals surface area contributed by atoms with Gasteiger partial charge < -0.3 is 10.6 Å². The third-order valence-corrected chi connectivity index (χ3v) is 2.25. The zero-order valence-corrected chi connectivity index (χ0v) is 6.71. The van der Waals surface area contributed by atoms with Crippen molar-refractivity contribution in [1.29, 1.82) is 0 Å². The Morgan fingerprint density at radius 2 is 2.20 bits per heavy atom. The van der Waals surface area contributed by atoms with Gasteiger partial charge in [0.05, 0.1) is 7.11 Å². The van der Waals surface area contributed by atoms with Gasteiger partial charge in [0.15, 0.2) is 0 Å². The fraction of sp³-hybridized carbons (Fsp3) is 1.00. The normalized spacial score (nSPS) is 33.6. The second kappa shape index (κ2) is 3.32. The summed E-state index contributed by atoms with van der Waals surface area (Å²) in [4.78, 5) is 5.06. The monoisotopic (exact) mass is 144 g/mol. The number of hydrogen-bond acceptors (Lipinski definition) is 3. The first kappa shape index (κ1) is 7.98. The highest BCUT2D eigenvalue weighted by molar-refractivity contribution is 4.81. The fourth-order valence-electron chi connectivity index (χ4n) is 1.47. The average Bonchev–Trinajstić information content (AvgIpc) is 2.34. The Hall–Kier alpha value is -0.120. The van der Waals surface area contributed by atoms with Crippen LogP contribution < -0.4 is 5.73 Å². The molecule has 0 saturated heterocycles. The maximum Gasteiger partial charge on any atom is 0.0575 e. The van der Waals surface area contributed by atoms with E-state index in [9.17, 15) is 0 Å². The maximum absolute atomic E-state index is 5.74. The Balaban J connectivity index is 2.29. The summed E-state index contributed by atoms with van der Waals surface area (Å²) in [6.45, 7) is 0. The number of nitrogens with zero attached hydrogens (tertiary/aromatic N) is 1. The number of hydroxylamine groups is 2. The van der Waals surface area contributed by atoms with Gasteiger partial charge in [-0.1, -0.05) is 0 Å². The van der Waals surface area contributed by atoms with Crippen molar-refractivity contribution in [3.05, 3.63) is 0 Å². The molecule has 10 heavy (non-hydrogen) atoms. The van der Waals surface area contributed by atoms with Crippen molar-refractivity contribution < 1.29 is 4.84 Å². The quantitative estimate of drug-likeness (QED) is 0.569. The van der Waals surface area contributed by atoms with Crippen LogP contribution in [0.3, 0.4) is 0 Å². The molecule has 60 valence electrons. The van der Waals surface area contributed by atoms with Gasteiger partial charge in [0.25, 0.3) is 0 Å². The van der Waals surface area contributed by atoms with Gasteiger partial charge in [-0.05, 0) is 19.3 Å². The Labute approximate surface area is 62.1 Å². The van der Waals surface area contributed by atoms with Crippen LogP contribution in [0.2, 0.25) is 0 Å². The summed E-state index contributed by atoms with van der Waals surface area (Å²) >= 11 is 0. The minimum Gasteiger partial charge on any atom is -0.328 e. The summed E-state index contributed by atoms with van der Waals surface area (Å²) in [5.74, 6) is 0. The smallest absolute Gasteiger partial charge is 0.0575 e. The molecule has 0 aromatic carbocycles. The molecule has 0 heterocycles. The molecule has 3 nitrogen and oxygen atoms in total. The van der Waals surface area contributed by atoms with Crippen LogP contribution in [-0.2, 0) is 4.84 Å². The van der Waals surface area contributed by atoms with Crippen molar-refractivity contribution in [2.75, 3.05) is 14.2 Å². The van der Waals surface area contributed by atoms with E-state index >= 15 is 0 Å². The highest BCUT2D eigenvalue weighted by atomic mass is 16.7. The zero-order valence-electron chi connectivity index (χ0n) is 6.71. The minimum atomic E-state index is 0.391. The van der Waals surface area contributed by atoms with Gasteiger partial charge >= 0.3 is 0 Å². The lowest BCUT2D eigenvalue weighted by Gasteiger charge is -2.20. The van der Waals surface area contributed by atoms with Gasteiger partial charge in [-0.3, -0.25) is 0 Å². The van der Waals surface area contributed by atoms with E-state index in [4.69, 9.17) is 10.6 Å². The summed E-state index contributed by atoms with van der Waals surface area (Å²) in [5, 5.41) is 1.90. The van der Waals surface area contributed by atoms with Crippen molar-refractivity contribution in [1.82, 2.24) is 5.06 Å². The van der Waals surface area contributed by atoms with E-state index in [1.807, 2.05) is 12.1 Å². The van der Waals surface area contributed by atoms with E-state index in [-0.39, 0.29) is 0 Å². The zero-order chi connectivity index (χ0) is 7.56. The topological polar surface area (TPSA) is 38.5 Å². The van der Waals surface area contributed by atoms with Crippen LogP contribution >= 0.6 is 0 Å². The number of rotatable bonds is 2. The second-order valence-corrected chi connectivity index (χ2v) is 2.96. The molecule has 1 rings (SSSR count). The van der Waals surface area contributed by atoms with Crippen LogP contribution in [0.25, 0.3) is 0 Å². The van der Waals surface area contributed by atoms with Crippen LogP contribution in [0.15, 0.2) is 0 Å². The van der Waals surface area contributed by atoms with E-state index < -0.39 is 0 Å². The van der Waals surface area contributed by atoms with Crippen LogP contribution in [0.1, 0.15) is 19.3 Å². The molecule has 2 atom stereocenters. The van der Waals surface area contributed by atoms with E-state index in [0.29, 0.717) is 12.1 Å². The highest BCUT2D eigenvalue weighted by Gasteiger charge is 2.24. The van der Waals surface area contributed by atoms with Crippen molar-refractivity contribution in [2.24, 2.45) is 5.73 Å². The third-order valence-electron chi connectivity index (χ3n) is 2.25. The summed E-state index contributed by atoms with van der Waals surface area (Å²) < 4.78 is 0. The van der Waals surface area contributed by atoms with Crippen LogP contribution in [0, 0.1) is 0 Å². The fourth-order valence-corrected chi connectivity index (χ4v) is 1.47. The SMILES string of the molecule is CON(C)C1CCC(N)C1. The van der Waals surface area contributed by atoms with E-state index in [0.717, 1.165) is 12.8 Å². The van der Waals surface area contributed by atoms with Crippen LogP contribution in [0.5, 0.6) is 0 Å². The first-order valence-corrected chi connectivity index (χ1v) is 3.76.